The third-order valence-corrected chi connectivity index (χ3v) is 12.7. The van der Waals surface area contributed by atoms with E-state index in [0.29, 0.717) is 5.41 Å². The Bertz CT molecular complexity index is 616. The first kappa shape index (κ1) is 15.0. The minimum Gasteiger partial charge on any atom is -0.0622 e. The third kappa shape index (κ3) is 1.40. The van der Waals surface area contributed by atoms with Crippen molar-refractivity contribution in [3.63, 3.8) is 0 Å². The summed E-state index contributed by atoms with van der Waals surface area (Å²) in [5.74, 6) is 12.2. The molecule has 138 valence electrons. The van der Waals surface area contributed by atoms with Crippen molar-refractivity contribution in [1.29, 1.82) is 0 Å². The van der Waals surface area contributed by atoms with E-state index in [1.807, 2.05) is 0 Å². The lowest BCUT2D eigenvalue weighted by molar-refractivity contribution is -0.140. The Labute approximate surface area is 154 Å². The first-order chi connectivity index (χ1) is 12.0. The van der Waals surface area contributed by atoms with Crippen LogP contribution in [-0.2, 0) is 0 Å². The Morgan fingerprint density at radius 2 is 1.32 bits per heavy atom. The monoisotopic (exact) mass is 338 g/mol. The van der Waals surface area contributed by atoms with E-state index in [9.17, 15) is 0 Å². The smallest absolute Gasteiger partial charge is 0.0199 e. The average molecular weight is 339 g/mol. The van der Waals surface area contributed by atoms with Crippen LogP contribution in [0.25, 0.3) is 0 Å². The number of hydrogen-bond donors (Lipinski definition) is 0. The molecular weight excluding hydrogens is 300 g/mol. The van der Waals surface area contributed by atoms with Gasteiger partial charge < -0.3 is 0 Å². The summed E-state index contributed by atoms with van der Waals surface area (Å²) in [6.45, 7) is 8.45. The van der Waals surface area contributed by atoms with E-state index >= 15 is 0 Å². The van der Waals surface area contributed by atoms with Gasteiger partial charge in [0.25, 0.3) is 0 Å². The lowest BCUT2D eigenvalue weighted by atomic mass is 9.43. The Morgan fingerprint density at radius 3 is 2.12 bits per heavy atom. The van der Waals surface area contributed by atoms with Crippen LogP contribution in [0.4, 0.5) is 0 Å². The molecule has 0 amide bonds. The number of rotatable bonds is 0. The van der Waals surface area contributed by atoms with Gasteiger partial charge in [0.05, 0.1) is 0 Å². The van der Waals surface area contributed by atoms with Crippen LogP contribution in [0, 0.1) is 75.9 Å². The SMILES string of the molecule is CC1CCCC2CC3CC2CC2C4CC5C6CC(C6)C3C(C)(C12)C54C. The van der Waals surface area contributed by atoms with Crippen molar-refractivity contribution >= 4 is 0 Å². The van der Waals surface area contributed by atoms with Crippen molar-refractivity contribution in [3.05, 3.63) is 0 Å². The molecule has 8 aliphatic carbocycles. The van der Waals surface area contributed by atoms with Crippen LogP contribution in [-0.4, -0.2) is 0 Å². The lowest BCUT2D eigenvalue weighted by Gasteiger charge is -2.61. The molecule has 0 aromatic carbocycles. The van der Waals surface area contributed by atoms with Crippen LogP contribution < -0.4 is 0 Å². The largest absolute Gasteiger partial charge is 0.0622 e. The summed E-state index contributed by atoms with van der Waals surface area (Å²) < 4.78 is 0. The molecule has 0 heterocycles. The molecule has 11 unspecified atom stereocenters. The second kappa shape index (κ2) is 4.35. The summed E-state index contributed by atoms with van der Waals surface area (Å²) in [7, 11) is 0. The molecule has 0 nitrogen and oxygen atoms in total. The van der Waals surface area contributed by atoms with Crippen LogP contribution in [0.5, 0.6) is 0 Å². The summed E-state index contributed by atoms with van der Waals surface area (Å²) in [6, 6.07) is 0. The van der Waals surface area contributed by atoms with Gasteiger partial charge in [-0.25, -0.2) is 0 Å². The highest BCUT2D eigenvalue weighted by atomic mass is 14.8. The summed E-state index contributed by atoms with van der Waals surface area (Å²) in [6.07, 6.45) is 14.6. The highest BCUT2D eigenvalue weighted by Gasteiger charge is 2.79. The highest BCUT2D eigenvalue weighted by molar-refractivity contribution is 5.27. The molecule has 0 heteroatoms. The van der Waals surface area contributed by atoms with E-state index in [1.54, 1.807) is 57.8 Å². The van der Waals surface area contributed by atoms with Crippen molar-refractivity contribution in [3.8, 4) is 0 Å². The molecule has 0 saturated heterocycles. The van der Waals surface area contributed by atoms with Crippen molar-refractivity contribution < 1.29 is 0 Å². The van der Waals surface area contributed by atoms with E-state index in [0.717, 1.165) is 70.5 Å². The van der Waals surface area contributed by atoms with E-state index in [4.69, 9.17) is 0 Å². The fraction of sp³-hybridized carbons (Fsp3) is 1.00. The molecule has 8 saturated carbocycles. The number of hydrogen-bond acceptors (Lipinski definition) is 0. The van der Waals surface area contributed by atoms with Crippen LogP contribution in [0.1, 0.15) is 78.6 Å². The van der Waals surface area contributed by atoms with Crippen LogP contribution >= 0.6 is 0 Å². The molecule has 8 aliphatic rings. The maximum Gasteiger partial charge on any atom is -0.0199 e. The molecule has 11 atom stereocenters. The first-order valence-electron chi connectivity index (χ1n) is 12.0. The van der Waals surface area contributed by atoms with Gasteiger partial charge in [-0.3, -0.25) is 0 Å². The molecular formula is C25H38. The molecule has 0 aliphatic heterocycles. The molecule has 8 rings (SSSR count). The Balaban J connectivity index is 1.50. The average Bonchev–Trinajstić information content (AvgIpc) is 2.95. The summed E-state index contributed by atoms with van der Waals surface area (Å²) in [4.78, 5) is 0. The van der Waals surface area contributed by atoms with E-state index in [2.05, 4.69) is 20.8 Å². The van der Waals surface area contributed by atoms with Gasteiger partial charge in [0.2, 0.25) is 0 Å². The predicted octanol–water partition coefficient (Wildman–Crippen LogP) is 6.40. The molecule has 0 spiro atoms. The van der Waals surface area contributed by atoms with Crippen molar-refractivity contribution in [1.82, 2.24) is 0 Å². The van der Waals surface area contributed by atoms with Gasteiger partial charge in [-0.1, -0.05) is 40.0 Å². The van der Waals surface area contributed by atoms with Crippen LogP contribution in [0.3, 0.4) is 0 Å². The van der Waals surface area contributed by atoms with Crippen molar-refractivity contribution in [2.45, 2.75) is 78.6 Å². The van der Waals surface area contributed by atoms with E-state index < -0.39 is 0 Å². The molecule has 8 fully saturated rings. The molecule has 25 heavy (non-hydrogen) atoms. The normalized spacial score (nSPS) is 71.9. The van der Waals surface area contributed by atoms with Gasteiger partial charge >= 0.3 is 0 Å². The summed E-state index contributed by atoms with van der Waals surface area (Å²) >= 11 is 0. The molecule has 0 radical (unpaired) electrons. The summed E-state index contributed by atoms with van der Waals surface area (Å²) in [5, 5.41) is 0. The first-order valence-corrected chi connectivity index (χ1v) is 12.0. The van der Waals surface area contributed by atoms with Crippen molar-refractivity contribution in [2.24, 2.45) is 75.9 Å². The maximum atomic E-state index is 2.90. The highest BCUT2D eigenvalue weighted by Crippen LogP contribution is 2.85. The van der Waals surface area contributed by atoms with E-state index in [-0.39, 0.29) is 0 Å². The molecule has 0 aromatic rings. The number of fused-ring (bicyclic) bond motifs is 1. The molecule has 0 aromatic heterocycles. The Kier molecular flexibility index (Phi) is 2.61. The lowest BCUT2D eigenvalue weighted by Crippen LogP contribution is -2.56. The van der Waals surface area contributed by atoms with Gasteiger partial charge in [-0.05, 0) is 114 Å². The maximum absolute atomic E-state index is 2.90. The van der Waals surface area contributed by atoms with Gasteiger partial charge in [0.1, 0.15) is 0 Å². The standard InChI is InChI=1S/C25H38/c1-13-5-4-6-14-7-17-8-15(14)11-19-21-12-20-16-9-18(10-16)23(17)25(3,22(13)19)24(20,21)2/h13-23H,4-12H2,1-3H3. The zero-order valence-electron chi connectivity index (χ0n) is 16.7. The van der Waals surface area contributed by atoms with Crippen LogP contribution in [0.15, 0.2) is 0 Å². The minimum absolute atomic E-state index is 0.697. The quantitative estimate of drug-likeness (QED) is 0.479. The predicted molar refractivity (Wildman–Crippen MR) is 102 cm³/mol. The van der Waals surface area contributed by atoms with E-state index in [1.165, 1.54) is 0 Å². The van der Waals surface area contributed by atoms with Gasteiger partial charge in [0.15, 0.2) is 0 Å². The minimum atomic E-state index is 0.697. The van der Waals surface area contributed by atoms with Gasteiger partial charge in [-0.2, -0.15) is 0 Å². The fourth-order valence-corrected chi connectivity index (χ4v) is 12.1. The third-order valence-electron chi connectivity index (χ3n) is 12.7. The topological polar surface area (TPSA) is 0 Å². The molecule has 7 bridgehead atoms. The fourth-order valence-electron chi connectivity index (χ4n) is 12.1. The second-order valence-corrected chi connectivity index (χ2v) is 12.6. The zero-order valence-corrected chi connectivity index (χ0v) is 16.7. The van der Waals surface area contributed by atoms with Crippen molar-refractivity contribution in [2.75, 3.05) is 0 Å². The summed E-state index contributed by atoms with van der Waals surface area (Å²) in [5.41, 5.74) is 1.43. The van der Waals surface area contributed by atoms with Gasteiger partial charge in [-0.15, -0.1) is 0 Å². The molecule has 0 N–H and O–H groups in total. The second-order valence-electron chi connectivity index (χ2n) is 12.6. The Hall–Kier alpha value is 0. The van der Waals surface area contributed by atoms with Crippen LogP contribution in [0.2, 0.25) is 0 Å². The van der Waals surface area contributed by atoms with Gasteiger partial charge in [0, 0.05) is 0 Å². The Morgan fingerprint density at radius 1 is 0.600 bits per heavy atom. The zero-order chi connectivity index (χ0) is 16.7.